The Hall–Kier alpha value is -1.35. The Morgan fingerprint density at radius 2 is 1.94 bits per heavy atom. The van der Waals surface area contributed by atoms with E-state index in [1.165, 1.54) is 5.56 Å². The first-order valence-corrected chi connectivity index (χ1v) is 6.00. The van der Waals surface area contributed by atoms with E-state index >= 15 is 0 Å². The molecule has 0 atom stereocenters. The summed E-state index contributed by atoms with van der Waals surface area (Å²) < 4.78 is 5.09. The molecule has 0 radical (unpaired) electrons. The molecule has 3 nitrogen and oxygen atoms in total. The van der Waals surface area contributed by atoms with Crippen molar-refractivity contribution in [2.45, 2.75) is 20.3 Å². The van der Waals surface area contributed by atoms with Gasteiger partial charge in [0.25, 0.3) is 0 Å². The molecule has 0 unspecified atom stereocenters. The predicted molar refractivity (Wildman–Crippen MR) is 69.4 cm³/mol. The molecule has 0 aromatic heterocycles. The number of Topliss-reactive ketones (excluding diaryl/α,β-unsaturated/α-hetero) is 1. The first-order chi connectivity index (χ1) is 8.13. The minimum atomic E-state index is 0.114. The van der Waals surface area contributed by atoms with E-state index < -0.39 is 0 Å². The van der Waals surface area contributed by atoms with E-state index in [-0.39, 0.29) is 11.7 Å². The van der Waals surface area contributed by atoms with Crippen LogP contribution < -0.4 is 10.1 Å². The van der Waals surface area contributed by atoms with Gasteiger partial charge in [-0.1, -0.05) is 26.0 Å². The molecule has 17 heavy (non-hydrogen) atoms. The summed E-state index contributed by atoms with van der Waals surface area (Å²) in [5.74, 6) is 1.25. The van der Waals surface area contributed by atoms with E-state index in [2.05, 4.69) is 5.32 Å². The number of carbonyl (C=O) groups excluding carboxylic acids is 1. The second kappa shape index (κ2) is 7.07. The summed E-state index contributed by atoms with van der Waals surface area (Å²) in [5, 5.41) is 3.16. The number of hydrogen-bond acceptors (Lipinski definition) is 3. The molecule has 0 saturated carbocycles. The maximum Gasteiger partial charge on any atom is 0.149 e. The zero-order valence-corrected chi connectivity index (χ0v) is 10.8. The molecular formula is C14H21NO2. The van der Waals surface area contributed by atoms with Crippen LogP contribution in [0, 0.1) is 5.92 Å². The third kappa shape index (κ3) is 5.00. The van der Waals surface area contributed by atoms with Crippen molar-refractivity contribution in [1.82, 2.24) is 5.32 Å². The Labute approximate surface area is 103 Å². The van der Waals surface area contributed by atoms with Crippen molar-refractivity contribution in [3.8, 4) is 5.75 Å². The molecule has 0 aliphatic rings. The smallest absolute Gasteiger partial charge is 0.149 e. The molecule has 1 aromatic carbocycles. The van der Waals surface area contributed by atoms with Gasteiger partial charge in [-0.05, 0) is 30.7 Å². The number of nitrogens with one attached hydrogen (secondary N) is 1. The number of ether oxygens (including phenoxy) is 1. The first kappa shape index (κ1) is 13.7. The second-order valence-electron chi connectivity index (χ2n) is 4.40. The van der Waals surface area contributed by atoms with Crippen LogP contribution in [0.15, 0.2) is 24.3 Å². The lowest BCUT2D eigenvalue weighted by molar-refractivity contribution is -0.121. The van der Waals surface area contributed by atoms with E-state index in [4.69, 9.17) is 4.74 Å². The molecule has 0 spiro atoms. The lowest BCUT2D eigenvalue weighted by Gasteiger charge is -2.07. The number of ketones is 1. The molecule has 3 heteroatoms. The lowest BCUT2D eigenvalue weighted by atomic mass is 10.1. The molecule has 0 amide bonds. The fourth-order valence-electron chi connectivity index (χ4n) is 1.44. The molecule has 94 valence electrons. The largest absolute Gasteiger partial charge is 0.497 e. The average Bonchev–Trinajstić information content (AvgIpc) is 2.35. The standard InChI is InChI=1S/C14H21NO2/c1-11(2)14(16)10-15-9-8-12-4-6-13(17-3)7-5-12/h4-7,11,15H,8-10H2,1-3H3. The Bertz CT molecular complexity index is 344. The van der Waals surface area contributed by atoms with Crippen LogP contribution in [-0.2, 0) is 11.2 Å². The minimum absolute atomic E-state index is 0.114. The number of methoxy groups -OCH3 is 1. The van der Waals surface area contributed by atoms with Crippen LogP contribution in [0.2, 0.25) is 0 Å². The van der Waals surface area contributed by atoms with Gasteiger partial charge in [-0.2, -0.15) is 0 Å². The summed E-state index contributed by atoms with van der Waals surface area (Å²) in [6.45, 7) is 5.14. The molecule has 1 rings (SSSR count). The monoisotopic (exact) mass is 235 g/mol. The summed E-state index contributed by atoms with van der Waals surface area (Å²) >= 11 is 0. The van der Waals surface area contributed by atoms with E-state index in [1.54, 1.807) is 7.11 Å². The molecule has 0 fully saturated rings. The van der Waals surface area contributed by atoms with Gasteiger partial charge in [0.05, 0.1) is 13.7 Å². The van der Waals surface area contributed by atoms with E-state index in [9.17, 15) is 4.79 Å². The number of hydrogen-bond donors (Lipinski definition) is 1. The van der Waals surface area contributed by atoms with Gasteiger partial charge in [-0.3, -0.25) is 4.79 Å². The summed E-state index contributed by atoms with van der Waals surface area (Å²) in [6.07, 6.45) is 0.926. The normalized spacial score (nSPS) is 10.6. The maximum absolute atomic E-state index is 11.4. The van der Waals surface area contributed by atoms with E-state index in [0.717, 1.165) is 18.7 Å². The lowest BCUT2D eigenvalue weighted by Crippen LogP contribution is -2.27. The third-order valence-corrected chi connectivity index (χ3v) is 2.69. The highest BCUT2D eigenvalue weighted by Crippen LogP contribution is 2.11. The fourth-order valence-corrected chi connectivity index (χ4v) is 1.44. The third-order valence-electron chi connectivity index (χ3n) is 2.69. The van der Waals surface area contributed by atoms with Crippen LogP contribution in [0.1, 0.15) is 19.4 Å². The summed E-state index contributed by atoms with van der Waals surface area (Å²) in [6, 6.07) is 8.00. The van der Waals surface area contributed by atoms with Gasteiger partial charge in [-0.15, -0.1) is 0 Å². The second-order valence-corrected chi connectivity index (χ2v) is 4.40. The quantitative estimate of drug-likeness (QED) is 0.735. The van der Waals surface area contributed by atoms with Crippen molar-refractivity contribution < 1.29 is 9.53 Å². The topological polar surface area (TPSA) is 38.3 Å². The van der Waals surface area contributed by atoms with Crippen LogP contribution >= 0.6 is 0 Å². The molecule has 1 N–H and O–H groups in total. The summed E-state index contributed by atoms with van der Waals surface area (Å²) in [7, 11) is 1.66. The number of rotatable bonds is 7. The van der Waals surface area contributed by atoms with Crippen LogP contribution in [0.25, 0.3) is 0 Å². The van der Waals surface area contributed by atoms with Gasteiger partial charge in [0, 0.05) is 5.92 Å². The van der Waals surface area contributed by atoms with Crippen molar-refractivity contribution >= 4 is 5.78 Å². The van der Waals surface area contributed by atoms with E-state index in [0.29, 0.717) is 6.54 Å². The summed E-state index contributed by atoms with van der Waals surface area (Å²) in [4.78, 5) is 11.4. The molecule has 0 heterocycles. The number of benzene rings is 1. The zero-order valence-electron chi connectivity index (χ0n) is 10.8. The fraction of sp³-hybridized carbons (Fsp3) is 0.500. The SMILES string of the molecule is COc1ccc(CCNCC(=O)C(C)C)cc1. The molecular weight excluding hydrogens is 214 g/mol. The maximum atomic E-state index is 11.4. The van der Waals surface area contributed by atoms with Crippen LogP contribution in [0.4, 0.5) is 0 Å². The van der Waals surface area contributed by atoms with Crippen LogP contribution in [0.3, 0.4) is 0 Å². The minimum Gasteiger partial charge on any atom is -0.497 e. The van der Waals surface area contributed by atoms with Crippen molar-refractivity contribution in [2.24, 2.45) is 5.92 Å². The average molecular weight is 235 g/mol. The van der Waals surface area contributed by atoms with Crippen molar-refractivity contribution in [1.29, 1.82) is 0 Å². The van der Waals surface area contributed by atoms with Gasteiger partial charge in [-0.25, -0.2) is 0 Å². The highest BCUT2D eigenvalue weighted by Gasteiger charge is 2.05. The molecule has 0 saturated heterocycles. The Morgan fingerprint density at radius 3 is 2.47 bits per heavy atom. The summed E-state index contributed by atoms with van der Waals surface area (Å²) in [5.41, 5.74) is 1.25. The molecule has 1 aromatic rings. The Morgan fingerprint density at radius 1 is 1.29 bits per heavy atom. The van der Waals surface area contributed by atoms with Gasteiger partial charge in [0.15, 0.2) is 0 Å². The van der Waals surface area contributed by atoms with Gasteiger partial charge in [0.1, 0.15) is 11.5 Å². The molecule has 0 aliphatic carbocycles. The highest BCUT2D eigenvalue weighted by atomic mass is 16.5. The molecule has 0 bridgehead atoms. The zero-order chi connectivity index (χ0) is 12.7. The van der Waals surface area contributed by atoms with Crippen LogP contribution in [0.5, 0.6) is 5.75 Å². The highest BCUT2D eigenvalue weighted by molar-refractivity contribution is 5.82. The van der Waals surface area contributed by atoms with Crippen molar-refractivity contribution in [3.05, 3.63) is 29.8 Å². The van der Waals surface area contributed by atoms with Gasteiger partial charge >= 0.3 is 0 Å². The van der Waals surface area contributed by atoms with Crippen LogP contribution in [-0.4, -0.2) is 26.0 Å². The first-order valence-electron chi connectivity index (χ1n) is 6.00. The van der Waals surface area contributed by atoms with Crippen molar-refractivity contribution in [3.63, 3.8) is 0 Å². The predicted octanol–water partition coefficient (Wildman–Crippen LogP) is 2.05. The number of carbonyl (C=O) groups is 1. The Balaban J connectivity index is 2.24. The van der Waals surface area contributed by atoms with Gasteiger partial charge in [0.2, 0.25) is 0 Å². The van der Waals surface area contributed by atoms with Crippen molar-refractivity contribution in [2.75, 3.05) is 20.2 Å². The van der Waals surface area contributed by atoms with Gasteiger partial charge < -0.3 is 10.1 Å². The van der Waals surface area contributed by atoms with E-state index in [1.807, 2.05) is 38.1 Å². The Kier molecular flexibility index (Phi) is 5.70. The molecule has 0 aliphatic heterocycles.